The number of aryl methyl sites for hydroxylation is 1. The number of rotatable bonds is 3. The average Bonchev–Trinajstić information content (AvgIpc) is 3.36. The molecule has 0 aromatic carbocycles. The van der Waals surface area contributed by atoms with Crippen LogP contribution in [-0.4, -0.2) is 56.0 Å². The highest BCUT2D eigenvalue weighted by atomic mass is 16.2. The summed E-state index contributed by atoms with van der Waals surface area (Å²) in [5, 5.41) is 24.0. The lowest BCUT2D eigenvalue weighted by molar-refractivity contribution is 0.102. The summed E-state index contributed by atoms with van der Waals surface area (Å²) in [7, 11) is 1.70. The van der Waals surface area contributed by atoms with E-state index in [1.54, 1.807) is 36.1 Å². The lowest BCUT2D eigenvalue weighted by atomic mass is 10.0. The molecule has 142 valence electrons. The number of fused-ring (bicyclic) bond motifs is 3. The second kappa shape index (κ2) is 6.31. The number of hydrogen-bond acceptors (Lipinski definition) is 7. The van der Waals surface area contributed by atoms with Crippen LogP contribution in [0.1, 0.15) is 22.6 Å². The zero-order chi connectivity index (χ0) is 19.3. The molecule has 28 heavy (non-hydrogen) atoms. The topological polar surface area (TPSA) is 116 Å². The summed E-state index contributed by atoms with van der Waals surface area (Å²) in [5.74, 6) is 0.893. The summed E-state index contributed by atoms with van der Waals surface area (Å²) >= 11 is 0. The van der Waals surface area contributed by atoms with Crippen LogP contribution in [0.5, 0.6) is 0 Å². The first kappa shape index (κ1) is 16.7. The van der Waals surface area contributed by atoms with Gasteiger partial charge in [-0.1, -0.05) is 0 Å². The van der Waals surface area contributed by atoms with Crippen LogP contribution in [0, 0.1) is 17.2 Å². The predicted molar refractivity (Wildman–Crippen MR) is 101 cm³/mol. The molecule has 2 fully saturated rings. The van der Waals surface area contributed by atoms with E-state index in [1.807, 2.05) is 6.07 Å². The maximum atomic E-state index is 12.8. The Hall–Kier alpha value is -3.45. The quantitative estimate of drug-likeness (QED) is 0.678. The molecule has 2 aliphatic heterocycles. The molecule has 2 unspecified atom stereocenters. The first-order valence-electron chi connectivity index (χ1n) is 9.19. The first-order valence-corrected chi connectivity index (χ1v) is 9.19. The SMILES string of the molecule is Cn1cc(NC(=O)c2ccc3cnc(N4CC5CNCC4C5)nn23)c(C#N)n1. The molecule has 0 saturated carbocycles. The number of piperidine rings is 1. The van der Waals surface area contributed by atoms with Gasteiger partial charge >= 0.3 is 0 Å². The van der Waals surface area contributed by atoms with Gasteiger partial charge in [0.2, 0.25) is 5.95 Å². The van der Waals surface area contributed by atoms with E-state index in [-0.39, 0.29) is 11.6 Å². The molecule has 2 bridgehead atoms. The van der Waals surface area contributed by atoms with Crippen LogP contribution >= 0.6 is 0 Å². The molecular formula is C18H19N9O. The van der Waals surface area contributed by atoms with E-state index in [1.165, 1.54) is 4.68 Å². The van der Waals surface area contributed by atoms with Crippen LogP contribution in [0.15, 0.2) is 24.5 Å². The van der Waals surface area contributed by atoms with Crippen LogP contribution in [0.2, 0.25) is 0 Å². The number of anilines is 2. The van der Waals surface area contributed by atoms with Crippen LogP contribution in [0.4, 0.5) is 11.6 Å². The number of nitriles is 1. The molecular weight excluding hydrogens is 358 g/mol. The van der Waals surface area contributed by atoms with Gasteiger partial charge in [0.1, 0.15) is 11.8 Å². The highest BCUT2D eigenvalue weighted by Gasteiger charge is 2.36. The van der Waals surface area contributed by atoms with Crippen LogP contribution < -0.4 is 15.5 Å². The van der Waals surface area contributed by atoms with Crippen molar-refractivity contribution in [1.82, 2.24) is 29.7 Å². The maximum Gasteiger partial charge on any atom is 0.274 e. The van der Waals surface area contributed by atoms with E-state index < -0.39 is 0 Å². The van der Waals surface area contributed by atoms with Gasteiger partial charge in [0.15, 0.2) is 5.69 Å². The largest absolute Gasteiger partial charge is 0.335 e. The Kier molecular flexibility index (Phi) is 3.77. The van der Waals surface area contributed by atoms with Gasteiger partial charge in [0, 0.05) is 32.4 Å². The maximum absolute atomic E-state index is 12.8. The van der Waals surface area contributed by atoms with Crippen molar-refractivity contribution in [3.63, 3.8) is 0 Å². The van der Waals surface area contributed by atoms with E-state index in [4.69, 9.17) is 5.26 Å². The third-order valence-corrected chi connectivity index (χ3v) is 5.37. The third-order valence-electron chi connectivity index (χ3n) is 5.37. The molecule has 1 amide bonds. The zero-order valence-corrected chi connectivity index (χ0v) is 15.3. The highest BCUT2D eigenvalue weighted by molar-refractivity contribution is 6.04. The normalized spacial score (nSPS) is 21.1. The Morgan fingerprint density at radius 1 is 1.36 bits per heavy atom. The molecule has 10 nitrogen and oxygen atoms in total. The standard InChI is InChI=1S/C18H19N9O/c1-25-10-15(14(5-19)23-25)22-17(28)16-3-2-12-8-21-18(24-27(12)16)26-9-11-4-13(26)7-20-6-11/h2-3,8,10-11,13,20H,4,6-7,9H2,1H3,(H,22,28). The number of aromatic nitrogens is 5. The lowest BCUT2D eigenvalue weighted by Crippen LogP contribution is -2.39. The molecule has 3 aromatic heterocycles. The van der Waals surface area contributed by atoms with Gasteiger partial charge in [0.25, 0.3) is 5.91 Å². The highest BCUT2D eigenvalue weighted by Crippen LogP contribution is 2.29. The fourth-order valence-corrected chi connectivity index (χ4v) is 4.10. The van der Waals surface area contributed by atoms with E-state index in [9.17, 15) is 4.79 Å². The molecule has 0 radical (unpaired) electrons. The first-order chi connectivity index (χ1) is 13.6. The van der Waals surface area contributed by atoms with Crippen molar-refractivity contribution in [1.29, 1.82) is 5.26 Å². The Morgan fingerprint density at radius 3 is 3.07 bits per heavy atom. The molecule has 2 aliphatic rings. The van der Waals surface area contributed by atoms with E-state index in [0.717, 1.165) is 31.6 Å². The number of nitrogens with zero attached hydrogens (tertiary/aromatic N) is 7. The minimum atomic E-state index is -0.351. The fraction of sp³-hybridized carbons (Fsp3) is 0.389. The summed E-state index contributed by atoms with van der Waals surface area (Å²) in [6, 6.07) is 5.87. The van der Waals surface area contributed by atoms with Gasteiger partial charge in [-0.2, -0.15) is 10.4 Å². The average molecular weight is 377 g/mol. The smallest absolute Gasteiger partial charge is 0.274 e. The molecule has 2 N–H and O–H groups in total. The lowest BCUT2D eigenvalue weighted by Gasteiger charge is -2.24. The number of amides is 1. The molecule has 0 aliphatic carbocycles. The second-order valence-electron chi connectivity index (χ2n) is 7.31. The van der Waals surface area contributed by atoms with Gasteiger partial charge < -0.3 is 15.5 Å². The van der Waals surface area contributed by atoms with Crippen LogP contribution in [0.3, 0.4) is 0 Å². The number of carbonyl (C=O) groups excluding carboxylic acids is 1. The summed E-state index contributed by atoms with van der Waals surface area (Å²) < 4.78 is 3.10. The summed E-state index contributed by atoms with van der Waals surface area (Å²) in [4.78, 5) is 19.6. The molecule has 5 rings (SSSR count). The monoisotopic (exact) mass is 377 g/mol. The van der Waals surface area contributed by atoms with Crippen LogP contribution in [0.25, 0.3) is 5.52 Å². The Labute approximate surface area is 160 Å². The van der Waals surface area contributed by atoms with Crippen molar-refractivity contribution < 1.29 is 4.79 Å². The Morgan fingerprint density at radius 2 is 2.25 bits per heavy atom. The minimum Gasteiger partial charge on any atom is -0.335 e. The van der Waals surface area contributed by atoms with Crippen molar-refractivity contribution >= 4 is 23.1 Å². The van der Waals surface area contributed by atoms with Crippen molar-refractivity contribution in [3.05, 3.63) is 35.9 Å². The minimum absolute atomic E-state index is 0.170. The number of nitrogens with one attached hydrogen (secondary N) is 2. The van der Waals surface area contributed by atoms with Crippen LogP contribution in [-0.2, 0) is 7.05 Å². The van der Waals surface area contributed by atoms with Gasteiger partial charge in [-0.25, -0.2) is 9.50 Å². The van der Waals surface area contributed by atoms with E-state index >= 15 is 0 Å². The molecule has 2 saturated heterocycles. The van der Waals surface area contributed by atoms with Crippen molar-refractivity contribution in [3.8, 4) is 6.07 Å². The zero-order valence-electron chi connectivity index (χ0n) is 15.3. The fourth-order valence-electron chi connectivity index (χ4n) is 4.10. The van der Waals surface area contributed by atoms with Crippen molar-refractivity contribution in [2.45, 2.75) is 12.5 Å². The number of hydrogen-bond donors (Lipinski definition) is 2. The number of carbonyl (C=O) groups is 1. The van der Waals surface area contributed by atoms with E-state index in [0.29, 0.717) is 29.3 Å². The van der Waals surface area contributed by atoms with E-state index in [2.05, 4.69) is 30.7 Å². The van der Waals surface area contributed by atoms with Crippen molar-refractivity contribution in [2.24, 2.45) is 13.0 Å². The van der Waals surface area contributed by atoms with Crippen molar-refractivity contribution in [2.75, 3.05) is 29.9 Å². The summed E-state index contributed by atoms with van der Waals surface area (Å²) in [5.41, 5.74) is 1.66. The summed E-state index contributed by atoms with van der Waals surface area (Å²) in [6.45, 7) is 2.88. The Bertz CT molecular complexity index is 1110. The third kappa shape index (κ3) is 2.68. The molecule has 3 aromatic rings. The molecule has 2 atom stereocenters. The molecule has 0 spiro atoms. The summed E-state index contributed by atoms with van der Waals surface area (Å²) in [6.07, 6.45) is 4.48. The molecule has 5 heterocycles. The van der Waals surface area contributed by atoms with Gasteiger partial charge in [-0.15, -0.1) is 5.10 Å². The van der Waals surface area contributed by atoms with Gasteiger partial charge in [-0.3, -0.25) is 9.48 Å². The molecule has 10 heteroatoms. The predicted octanol–water partition coefficient (Wildman–Crippen LogP) is 0.385. The second-order valence-corrected chi connectivity index (χ2v) is 7.31. The Balaban J connectivity index is 1.46. The van der Waals surface area contributed by atoms with Gasteiger partial charge in [0.05, 0.1) is 17.4 Å². The van der Waals surface area contributed by atoms with Gasteiger partial charge in [-0.05, 0) is 31.0 Å².